The molecule has 3 nitrogen and oxygen atoms in total. The fraction of sp³-hybridized carbons (Fsp3) is 0.500. The van der Waals surface area contributed by atoms with Crippen LogP contribution in [0.5, 0.6) is 11.5 Å². The molecule has 0 amide bonds. The van der Waals surface area contributed by atoms with E-state index in [2.05, 4.69) is 13.8 Å². The summed E-state index contributed by atoms with van der Waals surface area (Å²) in [6, 6.07) is 5.77. The van der Waals surface area contributed by atoms with E-state index in [1.807, 2.05) is 18.2 Å². The summed E-state index contributed by atoms with van der Waals surface area (Å²) in [6.07, 6.45) is 1.77. The molecule has 0 N–H and O–H groups in total. The first-order valence-corrected chi connectivity index (χ1v) is 5.78. The molecule has 0 aliphatic carbocycles. The predicted octanol–water partition coefficient (Wildman–Crippen LogP) is 2.72. The first-order chi connectivity index (χ1) is 8.12. The first kappa shape index (κ1) is 13.6. The van der Waals surface area contributed by atoms with Gasteiger partial charge in [-0.1, -0.05) is 19.9 Å². The molecular weight excluding hydrogens is 216 g/mol. The third kappa shape index (κ3) is 3.48. The Labute approximate surface area is 103 Å². The first-order valence-electron chi connectivity index (χ1n) is 5.78. The molecule has 0 spiro atoms. The van der Waals surface area contributed by atoms with Gasteiger partial charge in [-0.05, 0) is 30.0 Å². The third-order valence-corrected chi connectivity index (χ3v) is 2.95. The molecule has 94 valence electrons. The molecule has 0 saturated heterocycles. The normalized spacial score (nSPS) is 12.3. The van der Waals surface area contributed by atoms with Crippen LogP contribution in [0.2, 0.25) is 0 Å². The van der Waals surface area contributed by atoms with Crippen molar-refractivity contribution in [2.24, 2.45) is 11.8 Å². The Morgan fingerprint density at radius 3 is 2.29 bits per heavy atom. The van der Waals surface area contributed by atoms with Gasteiger partial charge in [0.25, 0.3) is 0 Å². The maximum atomic E-state index is 11.0. The second kappa shape index (κ2) is 6.28. The molecule has 0 aromatic heterocycles. The standard InChI is InChI=1S/C14H20O3/c1-10(2)12(9-15)7-11-5-6-13(16-3)14(8-11)17-4/h5-6,8-10,12H,7H2,1-4H3. The van der Waals surface area contributed by atoms with Crippen LogP contribution >= 0.6 is 0 Å². The molecule has 0 fully saturated rings. The summed E-state index contributed by atoms with van der Waals surface area (Å²) < 4.78 is 10.4. The zero-order valence-electron chi connectivity index (χ0n) is 10.9. The Morgan fingerprint density at radius 2 is 1.82 bits per heavy atom. The molecule has 1 aromatic rings. The Bertz CT molecular complexity index is 372. The van der Waals surface area contributed by atoms with Crippen LogP contribution < -0.4 is 9.47 Å². The van der Waals surface area contributed by atoms with Crippen molar-refractivity contribution >= 4 is 6.29 Å². The largest absolute Gasteiger partial charge is 0.493 e. The van der Waals surface area contributed by atoms with E-state index in [9.17, 15) is 4.79 Å². The minimum absolute atomic E-state index is 0.0492. The summed E-state index contributed by atoms with van der Waals surface area (Å²) in [5, 5.41) is 0. The highest BCUT2D eigenvalue weighted by Crippen LogP contribution is 2.29. The average molecular weight is 236 g/mol. The highest BCUT2D eigenvalue weighted by atomic mass is 16.5. The number of carbonyl (C=O) groups is 1. The third-order valence-electron chi connectivity index (χ3n) is 2.95. The Balaban J connectivity index is 2.88. The highest BCUT2D eigenvalue weighted by Gasteiger charge is 2.14. The van der Waals surface area contributed by atoms with Gasteiger partial charge in [0.2, 0.25) is 0 Å². The van der Waals surface area contributed by atoms with Crippen LogP contribution in [0.25, 0.3) is 0 Å². The van der Waals surface area contributed by atoms with E-state index in [-0.39, 0.29) is 5.92 Å². The number of ether oxygens (including phenoxy) is 2. The number of hydrogen-bond acceptors (Lipinski definition) is 3. The summed E-state index contributed by atoms with van der Waals surface area (Å²) in [5.74, 6) is 1.82. The van der Waals surface area contributed by atoms with Crippen molar-refractivity contribution in [2.45, 2.75) is 20.3 Å². The lowest BCUT2D eigenvalue weighted by Crippen LogP contribution is -2.13. The molecule has 17 heavy (non-hydrogen) atoms. The maximum Gasteiger partial charge on any atom is 0.160 e. The van der Waals surface area contributed by atoms with Gasteiger partial charge >= 0.3 is 0 Å². The zero-order valence-corrected chi connectivity index (χ0v) is 10.9. The van der Waals surface area contributed by atoms with Gasteiger partial charge in [0.05, 0.1) is 14.2 Å². The van der Waals surface area contributed by atoms with Gasteiger partial charge in [-0.3, -0.25) is 0 Å². The van der Waals surface area contributed by atoms with Crippen LogP contribution in [0, 0.1) is 11.8 Å². The van der Waals surface area contributed by atoms with Gasteiger partial charge in [-0.2, -0.15) is 0 Å². The molecule has 1 rings (SSSR count). The molecule has 0 bridgehead atoms. The van der Waals surface area contributed by atoms with Crippen molar-refractivity contribution in [3.8, 4) is 11.5 Å². The van der Waals surface area contributed by atoms with E-state index in [4.69, 9.17) is 9.47 Å². The smallest absolute Gasteiger partial charge is 0.160 e. The quantitative estimate of drug-likeness (QED) is 0.712. The van der Waals surface area contributed by atoms with Gasteiger partial charge in [0.1, 0.15) is 6.29 Å². The highest BCUT2D eigenvalue weighted by molar-refractivity contribution is 5.55. The summed E-state index contributed by atoms with van der Waals surface area (Å²) >= 11 is 0. The second-order valence-electron chi connectivity index (χ2n) is 4.44. The summed E-state index contributed by atoms with van der Waals surface area (Å²) in [5.41, 5.74) is 1.09. The van der Waals surface area contributed by atoms with Crippen molar-refractivity contribution in [3.05, 3.63) is 23.8 Å². The van der Waals surface area contributed by atoms with E-state index in [1.165, 1.54) is 0 Å². The Hall–Kier alpha value is -1.51. The van der Waals surface area contributed by atoms with Crippen molar-refractivity contribution < 1.29 is 14.3 Å². The van der Waals surface area contributed by atoms with Crippen molar-refractivity contribution in [3.63, 3.8) is 0 Å². The van der Waals surface area contributed by atoms with Gasteiger partial charge in [0.15, 0.2) is 11.5 Å². The number of carbonyl (C=O) groups excluding carboxylic acids is 1. The fourth-order valence-electron chi connectivity index (χ4n) is 1.72. The van der Waals surface area contributed by atoms with Crippen LogP contribution in [0.3, 0.4) is 0 Å². The zero-order chi connectivity index (χ0) is 12.8. The Kier molecular flexibility index (Phi) is 5.01. The van der Waals surface area contributed by atoms with Crippen LogP contribution in [-0.4, -0.2) is 20.5 Å². The molecule has 1 unspecified atom stereocenters. The Morgan fingerprint density at radius 1 is 1.18 bits per heavy atom. The molecule has 0 radical (unpaired) electrons. The monoisotopic (exact) mass is 236 g/mol. The average Bonchev–Trinajstić information content (AvgIpc) is 2.35. The summed E-state index contributed by atoms with van der Waals surface area (Å²) in [4.78, 5) is 11.0. The molecule has 3 heteroatoms. The van der Waals surface area contributed by atoms with E-state index in [1.54, 1.807) is 14.2 Å². The summed E-state index contributed by atoms with van der Waals surface area (Å²) in [7, 11) is 3.22. The molecule has 0 aliphatic heterocycles. The summed E-state index contributed by atoms with van der Waals surface area (Å²) in [6.45, 7) is 4.11. The van der Waals surface area contributed by atoms with Crippen LogP contribution in [0.4, 0.5) is 0 Å². The van der Waals surface area contributed by atoms with Crippen LogP contribution in [-0.2, 0) is 11.2 Å². The second-order valence-corrected chi connectivity index (χ2v) is 4.44. The van der Waals surface area contributed by atoms with Crippen LogP contribution in [0.1, 0.15) is 19.4 Å². The fourth-order valence-corrected chi connectivity index (χ4v) is 1.72. The molecule has 1 aromatic carbocycles. The predicted molar refractivity (Wildman–Crippen MR) is 67.6 cm³/mol. The van der Waals surface area contributed by atoms with Gasteiger partial charge in [-0.25, -0.2) is 0 Å². The van der Waals surface area contributed by atoms with Gasteiger partial charge in [-0.15, -0.1) is 0 Å². The maximum absolute atomic E-state index is 11.0. The minimum atomic E-state index is 0.0492. The molecule has 0 aliphatic rings. The molecule has 0 heterocycles. The molecular formula is C14H20O3. The van der Waals surface area contributed by atoms with Gasteiger partial charge < -0.3 is 14.3 Å². The van der Waals surface area contributed by atoms with Crippen molar-refractivity contribution in [1.82, 2.24) is 0 Å². The van der Waals surface area contributed by atoms with Gasteiger partial charge in [0, 0.05) is 5.92 Å². The lowest BCUT2D eigenvalue weighted by molar-refractivity contribution is -0.112. The van der Waals surface area contributed by atoms with E-state index < -0.39 is 0 Å². The SMILES string of the molecule is COc1ccc(CC(C=O)C(C)C)cc1OC. The van der Waals surface area contributed by atoms with Crippen molar-refractivity contribution in [2.75, 3.05) is 14.2 Å². The van der Waals surface area contributed by atoms with E-state index in [0.29, 0.717) is 17.4 Å². The lowest BCUT2D eigenvalue weighted by atomic mass is 9.90. The van der Waals surface area contributed by atoms with Crippen LogP contribution in [0.15, 0.2) is 18.2 Å². The number of benzene rings is 1. The molecule has 1 atom stereocenters. The lowest BCUT2D eigenvalue weighted by Gasteiger charge is -2.15. The number of methoxy groups -OCH3 is 2. The minimum Gasteiger partial charge on any atom is -0.493 e. The van der Waals surface area contributed by atoms with Crippen molar-refractivity contribution in [1.29, 1.82) is 0 Å². The van der Waals surface area contributed by atoms with E-state index in [0.717, 1.165) is 18.3 Å². The number of hydrogen-bond donors (Lipinski definition) is 0. The number of aldehydes is 1. The topological polar surface area (TPSA) is 35.5 Å². The number of rotatable bonds is 6. The molecule has 0 saturated carbocycles. The van der Waals surface area contributed by atoms with E-state index >= 15 is 0 Å².